The molecule has 0 aliphatic heterocycles. The fraction of sp³-hybridized carbons (Fsp3) is 0. The van der Waals surface area contributed by atoms with Crippen molar-refractivity contribution < 1.29 is 5.11 Å². The normalized spacial score (nSPS) is 10.9. The van der Waals surface area contributed by atoms with Gasteiger partial charge in [-0.25, -0.2) is 0 Å². The molecule has 4 nitrogen and oxygen atoms in total. The van der Waals surface area contributed by atoms with Crippen molar-refractivity contribution in [2.24, 2.45) is 5.10 Å². The zero-order chi connectivity index (χ0) is 15.4. The maximum Gasteiger partial charge on any atom is 0.126 e. The van der Waals surface area contributed by atoms with Crippen LogP contribution in [0.4, 0.5) is 0 Å². The van der Waals surface area contributed by atoms with Crippen LogP contribution in [0.5, 0.6) is 5.75 Å². The van der Waals surface area contributed by atoms with Crippen molar-refractivity contribution in [3.8, 4) is 5.75 Å². The molecule has 0 atom stereocenters. The van der Waals surface area contributed by atoms with Crippen LogP contribution in [0.25, 0.3) is 16.6 Å². The van der Waals surface area contributed by atoms with Gasteiger partial charge < -0.3 is 5.11 Å². The van der Waals surface area contributed by atoms with E-state index >= 15 is 0 Å². The predicted molar refractivity (Wildman–Crippen MR) is 89.6 cm³/mol. The first-order valence-corrected chi connectivity index (χ1v) is 6.86. The number of nitrogens with one attached hydrogen (secondary N) is 1. The molecule has 1 heterocycles. The second-order valence-corrected chi connectivity index (χ2v) is 4.79. The van der Waals surface area contributed by atoms with E-state index in [4.69, 9.17) is 0 Å². The Morgan fingerprint density at radius 2 is 1.91 bits per heavy atom. The average molecular weight is 289 g/mol. The lowest BCUT2D eigenvalue weighted by Gasteiger charge is -2.06. The lowest BCUT2D eigenvalue weighted by atomic mass is 10.1. The first kappa shape index (κ1) is 13.8. The van der Waals surface area contributed by atoms with Gasteiger partial charge in [-0.2, -0.15) is 5.10 Å². The van der Waals surface area contributed by atoms with Gasteiger partial charge in [0.2, 0.25) is 0 Å². The van der Waals surface area contributed by atoms with E-state index in [0.29, 0.717) is 16.8 Å². The molecule has 3 rings (SSSR count). The highest BCUT2D eigenvalue weighted by Crippen LogP contribution is 2.23. The van der Waals surface area contributed by atoms with Crippen LogP contribution in [0.1, 0.15) is 11.1 Å². The Labute approximate surface area is 128 Å². The highest BCUT2D eigenvalue weighted by atomic mass is 16.3. The number of phenols is 1. The Balaban J connectivity index is 1.84. The van der Waals surface area contributed by atoms with Gasteiger partial charge in [-0.15, -0.1) is 0 Å². The highest BCUT2D eigenvalue weighted by molar-refractivity contribution is 6.00. The van der Waals surface area contributed by atoms with Crippen molar-refractivity contribution in [1.82, 2.24) is 10.4 Å². The average Bonchev–Trinajstić information content (AvgIpc) is 2.57. The number of rotatable bonds is 4. The summed E-state index contributed by atoms with van der Waals surface area (Å²) < 4.78 is 0. The minimum atomic E-state index is 0.141. The fourth-order valence-corrected chi connectivity index (χ4v) is 2.16. The summed E-state index contributed by atoms with van der Waals surface area (Å²) in [7, 11) is 0. The maximum atomic E-state index is 10.0. The molecule has 2 aromatic carbocycles. The van der Waals surface area contributed by atoms with Gasteiger partial charge in [0, 0.05) is 11.6 Å². The van der Waals surface area contributed by atoms with Crippen LogP contribution < -0.4 is 5.43 Å². The topological polar surface area (TPSA) is 57.5 Å². The molecule has 108 valence electrons. The minimum Gasteiger partial charge on any atom is -0.507 e. The standard InChI is InChI=1S/C18H15N3O/c1-13(14-6-3-2-4-7-14)21-20-12-16-17(22)10-9-15-8-5-11-19-18(15)16/h2-12,21-22H,1H2/b20-12+. The Morgan fingerprint density at radius 1 is 1.09 bits per heavy atom. The van der Waals surface area contributed by atoms with E-state index in [9.17, 15) is 5.11 Å². The zero-order valence-corrected chi connectivity index (χ0v) is 11.9. The van der Waals surface area contributed by atoms with Crippen LogP contribution in [0.3, 0.4) is 0 Å². The molecule has 0 saturated carbocycles. The number of hydrogen-bond donors (Lipinski definition) is 2. The van der Waals surface area contributed by atoms with Gasteiger partial charge in [-0.3, -0.25) is 10.4 Å². The van der Waals surface area contributed by atoms with E-state index in [1.54, 1.807) is 18.5 Å². The summed E-state index contributed by atoms with van der Waals surface area (Å²) in [5.41, 5.74) is 5.80. The third-order valence-corrected chi connectivity index (χ3v) is 3.31. The molecule has 0 fully saturated rings. The molecule has 0 saturated heterocycles. The summed E-state index contributed by atoms with van der Waals surface area (Å²) in [6.07, 6.45) is 3.24. The number of aromatic hydroxyl groups is 1. The van der Waals surface area contributed by atoms with E-state index in [1.807, 2.05) is 48.5 Å². The number of fused-ring (bicyclic) bond motifs is 1. The molecule has 0 unspecified atom stereocenters. The van der Waals surface area contributed by atoms with Gasteiger partial charge in [0.1, 0.15) is 5.75 Å². The van der Waals surface area contributed by atoms with Crippen molar-refractivity contribution in [3.05, 3.63) is 78.5 Å². The molecule has 0 bridgehead atoms. The number of pyridine rings is 1. The second kappa shape index (κ2) is 6.10. The lowest BCUT2D eigenvalue weighted by Crippen LogP contribution is -2.03. The number of benzene rings is 2. The molecule has 3 aromatic rings. The molecule has 0 aliphatic carbocycles. The van der Waals surface area contributed by atoms with Crippen LogP contribution in [0.15, 0.2) is 72.5 Å². The Morgan fingerprint density at radius 3 is 2.73 bits per heavy atom. The van der Waals surface area contributed by atoms with Gasteiger partial charge in [0.25, 0.3) is 0 Å². The van der Waals surface area contributed by atoms with E-state index in [0.717, 1.165) is 10.9 Å². The van der Waals surface area contributed by atoms with E-state index in [1.165, 1.54) is 0 Å². The Kier molecular flexibility index (Phi) is 3.83. The van der Waals surface area contributed by atoms with Crippen LogP contribution >= 0.6 is 0 Å². The lowest BCUT2D eigenvalue weighted by molar-refractivity contribution is 0.475. The van der Waals surface area contributed by atoms with Gasteiger partial charge in [0.05, 0.1) is 23.0 Å². The van der Waals surface area contributed by atoms with Crippen molar-refractivity contribution in [2.45, 2.75) is 0 Å². The van der Waals surface area contributed by atoms with Crippen molar-refractivity contribution in [3.63, 3.8) is 0 Å². The number of aromatic nitrogens is 1. The molecule has 2 N–H and O–H groups in total. The first-order chi connectivity index (χ1) is 10.8. The molecular formula is C18H15N3O. The zero-order valence-electron chi connectivity index (χ0n) is 11.9. The smallest absolute Gasteiger partial charge is 0.126 e. The third kappa shape index (κ3) is 2.81. The summed E-state index contributed by atoms with van der Waals surface area (Å²) in [5, 5.41) is 15.1. The highest BCUT2D eigenvalue weighted by Gasteiger charge is 2.05. The van der Waals surface area contributed by atoms with Gasteiger partial charge >= 0.3 is 0 Å². The number of nitrogens with zero attached hydrogens (tertiary/aromatic N) is 2. The summed E-state index contributed by atoms with van der Waals surface area (Å²) >= 11 is 0. The number of hydrazone groups is 1. The van der Waals surface area contributed by atoms with Crippen LogP contribution in [-0.2, 0) is 0 Å². The molecule has 0 aliphatic rings. The maximum absolute atomic E-state index is 10.0. The molecule has 4 heteroatoms. The van der Waals surface area contributed by atoms with Crippen LogP contribution in [0, 0.1) is 0 Å². The number of phenolic OH excluding ortho intramolecular Hbond substituents is 1. The molecule has 1 aromatic heterocycles. The van der Waals surface area contributed by atoms with Gasteiger partial charge in [0.15, 0.2) is 0 Å². The van der Waals surface area contributed by atoms with Crippen LogP contribution in [-0.4, -0.2) is 16.3 Å². The monoisotopic (exact) mass is 289 g/mol. The molecule has 0 amide bonds. The van der Waals surface area contributed by atoms with Gasteiger partial charge in [-0.1, -0.05) is 43.0 Å². The van der Waals surface area contributed by atoms with Gasteiger partial charge in [-0.05, 0) is 23.8 Å². The first-order valence-electron chi connectivity index (χ1n) is 6.86. The summed E-state index contributed by atoms with van der Waals surface area (Å²) in [6, 6.07) is 17.0. The summed E-state index contributed by atoms with van der Waals surface area (Å²) in [5.74, 6) is 0.141. The summed E-state index contributed by atoms with van der Waals surface area (Å²) in [6.45, 7) is 3.94. The largest absolute Gasteiger partial charge is 0.507 e. The van der Waals surface area contributed by atoms with E-state index < -0.39 is 0 Å². The van der Waals surface area contributed by atoms with Crippen LogP contribution in [0.2, 0.25) is 0 Å². The van der Waals surface area contributed by atoms with Crippen molar-refractivity contribution in [2.75, 3.05) is 0 Å². The van der Waals surface area contributed by atoms with E-state index in [-0.39, 0.29) is 5.75 Å². The third-order valence-electron chi connectivity index (χ3n) is 3.31. The molecule has 0 radical (unpaired) electrons. The second-order valence-electron chi connectivity index (χ2n) is 4.79. The SMILES string of the molecule is C=C(N/N=C/c1c(O)ccc2cccnc12)c1ccccc1. The Hall–Kier alpha value is -3.14. The van der Waals surface area contributed by atoms with Crippen molar-refractivity contribution >= 4 is 22.8 Å². The number of hydrogen-bond acceptors (Lipinski definition) is 4. The quantitative estimate of drug-likeness (QED) is 0.570. The minimum absolute atomic E-state index is 0.141. The molecular weight excluding hydrogens is 274 g/mol. The molecule has 22 heavy (non-hydrogen) atoms. The summed E-state index contributed by atoms with van der Waals surface area (Å²) in [4.78, 5) is 4.30. The predicted octanol–water partition coefficient (Wildman–Crippen LogP) is 3.53. The fourth-order valence-electron chi connectivity index (χ4n) is 2.16. The molecule has 0 spiro atoms. The van der Waals surface area contributed by atoms with Crippen molar-refractivity contribution in [1.29, 1.82) is 0 Å². The Bertz CT molecular complexity index is 841. The van der Waals surface area contributed by atoms with E-state index in [2.05, 4.69) is 22.1 Å².